The average molecular weight is 409 g/mol. The Balaban J connectivity index is 1.45. The van der Waals surface area contributed by atoms with Crippen molar-refractivity contribution in [1.82, 2.24) is 19.9 Å². The Morgan fingerprint density at radius 3 is 2.07 bits per heavy atom. The maximum absolute atomic E-state index is 12.9. The predicted molar refractivity (Wildman–Crippen MR) is 101 cm³/mol. The van der Waals surface area contributed by atoms with Crippen LogP contribution in [0.3, 0.4) is 0 Å². The lowest BCUT2D eigenvalue weighted by Crippen LogP contribution is -2.47. The molecular formula is C18H22F3N7O. The molecule has 2 saturated heterocycles. The summed E-state index contributed by atoms with van der Waals surface area (Å²) in [7, 11) is 0. The molecule has 4 heterocycles. The zero-order valence-electron chi connectivity index (χ0n) is 16.1. The molecule has 11 heteroatoms. The van der Waals surface area contributed by atoms with Crippen LogP contribution in [-0.2, 0) is 10.9 Å². The van der Waals surface area contributed by atoms with Crippen molar-refractivity contribution in [2.45, 2.75) is 13.1 Å². The van der Waals surface area contributed by atoms with Crippen molar-refractivity contribution in [1.29, 1.82) is 0 Å². The molecule has 2 aromatic heterocycles. The van der Waals surface area contributed by atoms with Crippen molar-refractivity contribution in [3.8, 4) is 0 Å². The molecule has 0 aromatic carbocycles. The van der Waals surface area contributed by atoms with E-state index >= 15 is 0 Å². The zero-order chi connectivity index (χ0) is 20.4. The van der Waals surface area contributed by atoms with Crippen LogP contribution in [0.25, 0.3) is 0 Å². The Kier molecular flexibility index (Phi) is 5.39. The largest absolute Gasteiger partial charge is 0.433 e. The van der Waals surface area contributed by atoms with E-state index < -0.39 is 11.9 Å². The topological polar surface area (TPSA) is 70.5 Å². The summed E-state index contributed by atoms with van der Waals surface area (Å²) in [6.07, 6.45) is -3.33. The Labute approximate surface area is 166 Å². The summed E-state index contributed by atoms with van der Waals surface area (Å²) in [6.45, 7) is 7.03. The Morgan fingerprint density at radius 2 is 1.45 bits per heavy atom. The minimum Gasteiger partial charge on any atom is -0.378 e. The third kappa shape index (κ3) is 4.50. The molecule has 0 saturated carbocycles. The van der Waals surface area contributed by atoms with Gasteiger partial charge in [0.05, 0.1) is 13.2 Å². The summed E-state index contributed by atoms with van der Waals surface area (Å²) < 4.78 is 44.1. The molecular weight excluding hydrogens is 387 g/mol. The van der Waals surface area contributed by atoms with Crippen LogP contribution in [0.2, 0.25) is 0 Å². The van der Waals surface area contributed by atoms with Gasteiger partial charge in [-0.15, -0.1) is 0 Å². The number of anilines is 3. The highest BCUT2D eigenvalue weighted by atomic mass is 19.4. The van der Waals surface area contributed by atoms with E-state index in [1.54, 1.807) is 4.90 Å². The summed E-state index contributed by atoms with van der Waals surface area (Å²) >= 11 is 0. The summed E-state index contributed by atoms with van der Waals surface area (Å²) in [5.74, 6) is 2.49. The van der Waals surface area contributed by atoms with Gasteiger partial charge in [0.1, 0.15) is 23.2 Å². The van der Waals surface area contributed by atoms with Gasteiger partial charge in [-0.2, -0.15) is 13.2 Å². The van der Waals surface area contributed by atoms with Crippen LogP contribution in [0.5, 0.6) is 0 Å². The van der Waals surface area contributed by atoms with E-state index in [2.05, 4.69) is 29.7 Å². The maximum Gasteiger partial charge on any atom is 0.433 e. The molecule has 29 heavy (non-hydrogen) atoms. The van der Waals surface area contributed by atoms with Crippen LogP contribution in [0, 0.1) is 6.92 Å². The number of rotatable bonds is 3. The van der Waals surface area contributed by atoms with Crippen molar-refractivity contribution in [3.63, 3.8) is 0 Å². The molecule has 0 aliphatic carbocycles. The van der Waals surface area contributed by atoms with Gasteiger partial charge >= 0.3 is 6.18 Å². The molecule has 2 aliphatic rings. The van der Waals surface area contributed by atoms with E-state index in [1.165, 1.54) is 0 Å². The lowest BCUT2D eigenvalue weighted by atomic mass is 10.3. The van der Waals surface area contributed by atoms with Crippen LogP contribution in [0.15, 0.2) is 18.3 Å². The quantitative estimate of drug-likeness (QED) is 0.760. The molecule has 0 unspecified atom stereocenters. The van der Waals surface area contributed by atoms with Crippen LogP contribution < -0.4 is 14.7 Å². The highest BCUT2D eigenvalue weighted by Gasteiger charge is 2.33. The van der Waals surface area contributed by atoms with E-state index in [4.69, 9.17) is 4.74 Å². The van der Waals surface area contributed by atoms with E-state index in [0.717, 1.165) is 37.0 Å². The maximum atomic E-state index is 12.9. The van der Waals surface area contributed by atoms with E-state index in [0.29, 0.717) is 45.2 Å². The first kappa shape index (κ1) is 19.6. The number of halogens is 3. The second-order valence-corrected chi connectivity index (χ2v) is 6.94. The van der Waals surface area contributed by atoms with E-state index in [-0.39, 0.29) is 5.95 Å². The second kappa shape index (κ2) is 7.97. The van der Waals surface area contributed by atoms with Crippen LogP contribution in [0.4, 0.5) is 30.8 Å². The average Bonchev–Trinajstić information content (AvgIpc) is 2.73. The Hall–Kier alpha value is -2.69. The van der Waals surface area contributed by atoms with Gasteiger partial charge in [0.2, 0.25) is 5.95 Å². The highest BCUT2D eigenvalue weighted by molar-refractivity contribution is 5.52. The van der Waals surface area contributed by atoms with Crippen LogP contribution >= 0.6 is 0 Å². The minimum absolute atomic E-state index is 0.104. The fourth-order valence-corrected chi connectivity index (χ4v) is 3.45. The number of alkyl halides is 3. The lowest BCUT2D eigenvalue weighted by Gasteiger charge is -2.36. The number of hydrogen-bond donors (Lipinski definition) is 0. The smallest absolute Gasteiger partial charge is 0.378 e. The number of piperazine rings is 1. The van der Waals surface area contributed by atoms with Crippen LogP contribution in [0.1, 0.15) is 11.5 Å². The molecule has 2 aliphatic heterocycles. The molecule has 0 bridgehead atoms. The van der Waals surface area contributed by atoms with Gasteiger partial charge in [0, 0.05) is 51.5 Å². The summed E-state index contributed by atoms with van der Waals surface area (Å²) in [5.41, 5.74) is -0.925. The molecule has 0 atom stereocenters. The van der Waals surface area contributed by atoms with Gasteiger partial charge in [0.25, 0.3) is 0 Å². The molecule has 8 nitrogen and oxygen atoms in total. The van der Waals surface area contributed by atoms with Crippen molar-refractivity contribution < 1.29 is 17.9 Å². The number of aromatic nitrogens is 4. The summed E-state index contributed by atoms with van der Waals surface area (Å²) in [6, 6.07) is 2.85. The van der Waals surface area contributed by atoms with Crippen molar-refractivity contribution in [2.75, 3.05) is 67.2 Å². The van der Waals surface area contributed by atoms with Gasteiger partial charge in [-0.25, -0.2) is 19.9 Å². The first-order chi connectivity index (χ1) is 13.9. The normalized spacial score (nSPS) is 18.3. The molecule has 0 radical (unpaired) electrons. The number of hydrogen-bond acceptors (Lipinski definition) is 8. The van der Waals surface area contributed by atoms with Gasteiger partial charge < -0.3 is 19.4 Å². The lowest BCUT2D eigenvalue weighted by molar-refractivity contribution is -0.141. The van der Waals surface area contributed by atoms with Crippen molar-refractivity contribution >= 4 is 17.6 Å². The Bertz CT molecular complexity index is 850. The summed E-state index contributed by atoms with van der Waals surface area (Å²) in [4.78, 5) is 22.9. The fourth-order valence-electron chi connectivity index (χ4n) is 3.45. The van der Waals surface area contributed by atoms with Crippen molar-refractivity contribution in [3.05, 3.63) is 29.8 Å². The number of nitrogens with zero attached hydrogens (tertiary/aromatic N) is 7. The van der Waals surface area contributed by atoms with Gasteiger partial charge in [0.15, 0.2) is 0 Å². The molecule has 0 amide bonds. The molecule has 4 rings (SSSR count). The summed E-state index contributed by atoms with van der Waals surface area (Å²) in [5, 5.41) is 0. The predicted octanol–water partition coefficient (Wildman–Crippen LogP) is 1.76. The van der Waals surface area contributed by atoms with E-state index in [1.807, 2.05) is 13.0 Å². The number of morpholine rings is 1. The number of aryl methyl sites for hydroxylation is 1. The third-order valence-corrected chi connectivity index (χ3v) is 4.97. The minimum atomic E-state index is -4.48. The molecule has 2 fully saturated rings. The van der Waals surface area contributed by atoms with Gasteiger partial charge in [-0.05, 0) is 13.0 Å². The Morgan fingerprint density at radius 1 is 0.862 bits per heavy atom. The van der Waals surface area contributed by atoms with Crippen molar-refractivity contribution in [2.24, 2.45) is 0 Å². The molecule has 0 spiro atoms. The molecule has 156 valence electrons. The van der Waals surface area contributed by atoms with Crippen LogP contribution in [-0.4, -0.2) is 72.4 Å². The third-order valence-electron chi connectivity index (χ3n) is 4.97. The van der Waals surface area contributed by atoms with E-state index in [9.17, 15) is 13.2 Å². The first-order valence-corrected chi connectivity index (χ1v) is 9.49. The standard InChI is InChI=1S/C18H22F3N7O/c1-13-23-15(12-16(24-13)27-8-10-29-11-9-27)26-4-6-28(7-5-26)17-22-3-2-14(25-17)18(19,20)21/h2-3,12H,4-11H2,1H3. The van der Waals surface area contributed by atoms with Gasteiger partial charge in [-0.3, -0.25) is 0 Å². The SMILES string of the molecule is Cc1nc(N2CCOCC2)cc(N2CCN(c3nccc(C(F)(F)F)n3)CC2)n1. The fraction of sp³-hybridized carbons (Fsp3) is 0.556. The zero-order valence-corrected chi connectivity index (χ0v) is 16.1. The number of ether oxygens (including phenoxy) is 1. The monoisotopic (exact) mass is 409 g/mol. The molecule has 2 aromatic rings. The second-order valence-electron chi connectivity index (χ2n) is 6.94. The highest BCUT2D eigenvalue weighted by Crippen LogP contribution is 2.28. The molecule has 0 N–H and O–H groups in total. The van der Waals surface area contributed by atoms with Gasteiger partial charge in [-0.1, -0.05) is 0 Å². The first-order valence-electron chi connectivity index (χ1n) is 9.49.